The molecule has 0 unspecified atom stereocenters. The fourth-order valence-corrected chi connectivity index (χ4v) is 5.61. The molecule has 0 aliphatic carbocycles. The monoisotopic (exact) mass is 485 g/mol. The maximum Gasteiger partial charge on any atom is 0.339 e. The Bertz CT molecular complexity index is 1670. The summed E-state index contributed by atoms with van der Waals surface area (Å²) in [4.78, 5) is 16.8. The number of aromatic nitrogens is 2. The molecule has 5 aromatic rings. The lowest BCUT2D eigenvalue weighted by Crippen LogP contribution is -2.30. The maximum atomic E-state index is 13.7. The molecule has 0 saturated carbocycles. The highest BCUT2D eigenvalue weighted by molar-refractivity contribution is 7.92. The van der Waals surface area contributed by atoms with Crippen LogP contribution in [0.25, 0.3) is 21.8 Å². The van der Waals surface area contributed by atoms with E-state index in [2.05, 4.69) is 11.1 Å². The molecule has 1 heterocycles. The van der Waals surface area contributed by atoms with Gasteiger partial charge in [0.2, 0.25) is 5.95 Å². The largest absolute Gasteiger partial charge is 0.465 e. The third-order valence-electron chi connectivity index (χ3n) is 6.06. The fraction of sp³-hybridized carbons (Fsp3) is 0.111. The molecule has 0 atom stereocenters. The van der Waals surface area contributed by atoms with Crippen molar-refractivity contribution >= 4 is 43.7 Å². The van der Waals surface area contributed by atoms with Crippen LogP contribution in [0.15, 0.2) is 95.9 Å². The van der Waals surface area contributed by atoms with Crippen molar-refractivity contribution < 1.29 is 17.9 Å². The third-order valence-corrected chi connectivity index (χ3v) is 7.85. The van der Waals surface area contributed by atoms with E-state index in [1.165, 1.54) is 26.3 Å². The van der Waals surface area contributed by atoms with Gasteiger partial charge in [-0.2, -0.15) is 0 Å². The number of hydrogen-bond donors (Lipinski definition) is 0. The van der Waals surface area contributed by atoms with Crippen LogP contribution in [0, 0.1) is 0 Å². The zero-order valence-corrected chi connectivity index (χ0v) is 20.1. The topological polar surface area (TPSA) is 81.5 Å². The van der Waals surface area contributed by atoms with Gasteiger partial charge in [-0.15, -0.1) is 0 Å². The Kier molecular flexibility index (Phi) is 5.74. The summed E-state index contributed by atoms with van der Waals surface area (Å²) >= 11 is 0. The van der Waals surface area contributed by atoms with Crippen molar-refractivity contribution in [1.82, 2.24) is 9.55 Å². The molecular formula is C27H23N3O4S. The summed E-state index contributed by atoms with van der Waals surface area (Å²) < 4.78 is 35.3. The van der Waals surface area contributed by atoms with Gasteiger partial charge in [-0.3, -0.25) is 0 Å². The number of benzene rings is 4. The second kappa shape index (κ2) is 8.88. The van der Waals surface area contributed by atoms with Crippen molar-refractivity contribution in [1.29, 1.82) is 0 Å². The number of methoxy groups -OCH3 is 1. The Hall–Kier alpha value is -4.17. The minimum absolute atomic E-state index is 0.0291. The number of sulfonamides is 1. The number of imidazole rings is 1. The molecule has 4 aromatic carbocycles. The summed E-state index contributed by atoms with van der Waals surface area (Å²) in [6.45, 7) is 0.412. The van der Waals surface area contributed by atoms with E-state index in [0.29, 0.717) is 12.1 Å². The van der Waals surface area contributed by atoms with E-state index in [0.717, 1.165) is 26.2 Å². The van der Waals surface area contributed by atoms with Gasteiger partial charge < -0.3 is 9.30 Å². The van der Waals surface area contributed by atoms with Crippen LogP contribution < -0.4 is 4.31 Å². The van der Waals surface area contributed by atoms with Crippen LogP contribution in [-0.2, 0) is 21.3 Å². The molecule has 0 bridgehead atoms. The first-order chi connectivity index (χ1) is 16.9. The average Bonchev–Trinajstić information content (AvgIpc) is 3.26. The van der Waals surface area contributed by atoms with E-state index in [-0.39, 0.29) is 16.4 Å². The van der Waals surface area contributed by atoms with Gasteiger partial charge in [0.25, 0.3) is 10.0 Å². The van der Waals surface area contributed by atoms with Gasteiger partial charge in [-0.25, -0.2) is 22.5 Å². The standard InChI is InChI=1S/C27H23N3O4S/c1-29(35(32,33)25-17-8-5-14-22(25)26(31)34-2)27-28-23-15-6-7-16-24(23)30(27)18-20-12-9-11-19-10-3-4-13-21(19)20/h3-17H,18H2,1-2H3. The highest BCUT2D eigenvalue weighted by Gasteiger charge is 2.30. The number of fused-ring (bicyclic) bond motifs is 2. The molecule has 176 valence electrons. The van der Waals surface area contributed by atoms with Crippen LogP contribution in [0.2, 0.25) is 0 Å². The van der Waals surface area contributed by atoms with E-state index in [9.17, 15) is 13.2 Å². The van der Waals surface area contributed by atoms with Crippen LogP contribution in [0.4, 0.5) is 5.95 Å². The number of nitrogens with zero attached hydrogens (tertiary/aromatic N) is 3. The van der Waals surface area contributed by atoms with E-state index in [4.69, 9.17) is 4.74 Å². The number of carbonyl (C=O) groups excluding carboxylic acids is 1. The minimum Gasteiger partial charge on any atom is -0.465 e. The quantitative estimate of drug-likeness (QED) is 0.321. The Morgan fingerprint density at radius 2 is 1.60 bits per heavy atom. The smallest absolute Gasteiger partial charge is 0.339 e. The number of para-hydroxylation sites is 2. The highest BCUT2D eigenvalue weighted by atomic mass is 32.2. The van der Waals surface area contributed by atoms with E-state index >= 15 is 0 Å². The first-order valence-corrected chi connectivity index (χ1v) is 12.4. The van der Waals surface area contributed by atoms with Gasteiger partial charge >= 0.3 is 5.97 Å². The predicted molar refractivity (Wildman–Crippen MR) is 136 cm³/mol. The van der Waals surface area contributed by atoms with Crippen molar-refractivity contribution in [2.24, 2.45) is 0 Å². The van der Waals surface area contributed by atoms with Crippen molar-refractivity contribution in [2.75, 3.05) is 18.5 Å². The first kappa shape index (κ1) is 22.6. The number of ether oxygens (including phenoxy) is 1. The number of rotatable bonds is 6. The van der Waals surface area contributed by atoms with Crippen LogP contribution in [0.1, 0.15) is 15.9 Å². The minimum atomic E-state index is -4.13. The molecule has 0 fully saturated rings. The van der Waals surface area contributed by atoms with E-state index in [1.807, 2.05) is 65.2 Å². The molecule has 0 spiro atoms. The van der Waals surface area contributed by atoms with Crippen molar-refractivity contribution in [3.63, 3.8) is 0 Å². The van der Waals surface area contributed by atoms with Gasteiger partial charge in [0.15, 0.2) is 0 Å². The summed E-state index contributed by atoms with van der Waals surface area (Å²) in [6, 6.07) is 27.7. The molecule has 0 aliphatic heterocycles. The van der Waals surface area contributed by atoms with Crippen LogP contribution in [0.3, 0.4) is 0 Å². The van der Waals surface area contributed by atoms with Gasteiger partial charge in [0.1, 0.15) is 4.90 Å². The molecule has 0 radical (unpaired) electrons. The molecule has 0 N–H and O–H groups in total. The lowest BCUT2D eigenvalue weighted by molar-refractivity contribution is 0.0596. The molecule has 0 aliphatic rings. The summed E-state index contributed by atoms with van der Waals surface area (Å²) in [5.74, 6) is -0.472. The average molecular weight is 486 g/mol. The van der Waals surface area contributed by atoms with E-state index in [1.54, 1.807) is 12.1 Å². The van der Waals surface area contributed by atoms with Crippen LogP contribution in [-0.4, -0.2) is 38.1 Å². The highest BCUT2D eigenvalue weighted by Crippen LogP contribution is 2.30. The summed E-state index contributed by atoms with van der Waals surface area (Å²) in [5, 5.41) is 2.18. The Balaban J connectivity index is 1.67. The van der Waals surface area contributed by atoms with Gasteiger partial charge in [-0.1, -0.05) is 66.7 Å². The van der Waals surface area contributed by atoms with Crippen molar-refractivity contribution in [3.05, 3.63) is 102 Å². The second-order valence-electron chi connectivity index (χ2n) is 8.09. The third kappa shape index (κ3) is 3.91. The number of esters is 1. The molecule has 8 heteroatoms. The van der Waals surface area contributed by atoms with E-state index < -0.39 is 16.0 Å². The number of carbonyl (C=O) groups is 1. The van der Waals surface area contributed by atoms with Gasteiger partial charge in [-0.05, 0) is 40.6 Å². The molecule has 0 amide bonds. The zero-order valence-electron chi connectivity index (χ0n) is 19.3. The van der Waals surface area contributed by atoms with Crippen molar-refractivity contribution in [2.45, 2.75) is 11.4 Å². The second-order valence-corrected chi connectivity index (χ2v) is 10.0. The molecule has 5 rings (SSSR count). The molecule has 0 saturated heterocycles. The zero-order chi connectivity index (χ0) is 24.6. The molecule has 7 nitrogen and oxygen atoms in total. The number of anilines is 1. The molecular weight excluding hydrogens is 462 g/mol. The van der Waals surface area contributed by atoms with Crippen molar-refractivity contribution in [3.8, 4) is 0 Å². The Labute approximate surface area is 203 Å². The normalized spacial score (nSPS) is 11.6. The fourth-order valence-electron chi connectivity index (χ4n) is 4.28. The van der Waals surface area contributed by atoms with Crippen LogP contribution >= 0.6 is 0 Å². The van der Waals surface area contributed by atoms with Gasteiger partial charge in [0.05, 0.1) is 30.3 Å². The maximum absolute atomic E-state index is 13.7. The predicted octanol–water partition coefficient (Wildman–Crippen LogP) is 4.85. The summed E-state index contributed by atoms with van der Waals surface area (Å²) in [5.41, 5.74) is 2.48. The first-order valence-electron chi connectivity index (χ1n) is 11.0. The lowest BCUT2D eigenvalue weighted by atomic mass is 10.0. The summed E-state index contributed by atoms with van der Waals surface area (Å²) in [6.07, 6.45) is 0. The van der Waals surface area contributed by atoms with Gasteiger partial charge in [0, 0.05) is 7.05 Å². The Morgan fingerprint density at radius 3 is 2.43 bits per heavy atom. The summed E-state index contributed by atoms with van der Waals surface area (Å²) in [7, 11) is -1.46. The van der Waals surface area contributed by atoms with Crippen LogP contribution in [0.5, 0.6) is 0 Å². The molecule has 35 heavy (non-hydrogen) atoms. The lowest BCUT2D eigenvalue weighted by Gasteiger charge is -2.21. The Morgan fingerprint density at radius 1 is 0.914 bits per heavy atom. The SMILES string of the molecule is COC(=O)c1ccccc1S(=O)(=O)N(C)c1nc2ccccc2n1Cc1cccc2ccccc12. The molecule has 1 aromatic heterocycles. The number of hydrogen-bond acceptors (Lipinski definition) is 5.